The topological polar surface area (TPSA) is 24.9 Å². The second kappa shape index (κ2) is 5.98. The molecule has 94 valence electrons. The van der Waals surface area contributed by atoms with Gasteiger partial charge in [-0.25, -0.2) is 4.98 Å². The molecular formula is C12H8Cl4N2. The first-order valence-corrected chi connectivity index (χ1v) is 6.57. The van der Waals surface area contributed by atoms with E-state index in [0.717, 1.165) is 5.56 Å². The fraction of sp³-hybridized carbons (Fsp3) is 0.0833. The van der Waals surface area contributed by atoms with Crippen LogP contribution < -0.4 is 5.32 Å². The zero-order valence-electron chi connectivity index (χ0n) is 9.05. The van der Waals surface area contributed by atoms with Gasteiger partial charge in [-0.2, -0.15) is 0 Å². The van der Waals surface area contributed by atoms with Crippen molar-refractivity contribution in [3.8, 4) is 0 Å². The first-order chi connectivity index (χ1) is 8.59. The van der Waals surface area contributed by atoms with Crippen LogP contribution >= 0.6 is 46.4 Å². The predicted molar refractivity (Wildman–Crippen MR) is 78.0 cm³/mol. The van der Waals surface area contributed by atoms with E-state index in [9.17, 15) is 0 Å². The van der Waals surface area contributed by atoms with Crippen molar-refractivity contribution in [2.45, 2.75) is 6.54 Å². The summed E-state index contributed by atoms with van der Waals surface area (Å²) < 4.78 is 0. The summed E-state index contributed by atoms with van der Waals surface area (Å²) in [6.45, 7) is 0.420. The molecule has 1 aromatic heterocycles. The number of hydrogen-bond donors (Lipinski definition) is 1. The Morgan fingerprint density at radius 3 is 2.44 bits per heavy atom. The third-order valence-corrected chi connectivity index (χ3v) is 3.85. The Kier molecular flexibility index (Phi) is 4.57. The van der Waals surface area contributed by atoms with Crippen LogP contribution in [0.5, 0.6) is 0 Å². The molecule has 0 amide bonds. The van der Waals surface area contributed by atoms with Gasteiger partial charge in [-0.05, 0) is 24.3 Å². The second-order valence-electron chi connectivity index (χ2n) is 3.52. The van der Waals surface area contributed by atoms with Crippen molar-refractivity contribution in [3.05, 3.63) is 56.2 Å². The minimum absolute atomic E-state index is 0.395. The zero-order chi connectivity index (χ0) is 13.1. The van der Waals surface area contributed by atoms with Gasteiger partial charge in [0.15, 0.2) is 5.15 Å². The van der Waals surface area contributed by atoms with Gasteiger partial charge < -0.3 is 5.32 Å². The van der Waals surface area contributed by atoms with Gasteiger partial charge in [0.05, 0.1) is 15.7 Å². The summed E-state index contributed by atoms with van der Waals surface area (Å²) in [6, 6.07) is 6.97. The quantitative estimate of drug-likeness (QED) is 0.612. The molecule has 18 heavy (non-hydrogen) atoms. The van der Waals surface area contributed by atoms with E-state index in [0.29, 0.717) is 32.5 Å². The molecule has 0 saturated heterocycles. The van der Waals surface area contributed by atoms with Crippen LogP contribution in [0.3, 0.4) is 0 Å². The van der Waals surface area contributed by atoms with E-state index in [1.165, 1.54) is 0 Å². The van der Waals surface area contributed by atoms with Crippen LogP contribution in [0.25, 0.3) is 0 Å². The number of aromatic nitrogens is 1. The maximum Gasteiger partial charge on any atom is 0.152 e. The summed E-state index contributed by atoms with van der Waals surface area (Å²) in [4.78, 5) is 3.96. The number of rotatable bonds is 3. The van der Waals surface area contributed by atoms with Crippen molar-refractivity contribution in [1.82, 2.24) is 4.98 Å². The number of halogens is 4. The third-order valence-electron chi connectivity index (χ3n) is 2.35. The molecule has 0 aliphatic rings. The molecule has 2 aromatic rings. The minimum atomic E-state index is 0.395. The van der Waals surface area contributed by atoms with E-state index >= 15 is 0 Å². The lowest BCUT2D eigenvalue weighted by atomic mass is 10.2. The Hall–Kier alpha value is -0.670. The fourth-order valence-electron chi connectivity index (χ4n) is 1.43. The van der Waals surface area contributed by atoms with Crippen LogP contribution in [-0.2, 0) is 6.54 Å². The normalized spacial score (nSPS) is 10.4. The highest BCUT2D eigenvalue weighted by atomic mass is 35.5. The summed E-state index contributed by atoms with van der Waals surface area (Å²) in [5.41, 5.74) is 1.44. The number of hydrogen-bond acceptors (Lipinski definition) is 2. The number of pyridine rings is 1. The van der Waals surface area contributed by atoms with E-state index in [1.807, 2.05) is 6.07 Å². The molecule has 0 fully saturated rings. The molecule has 0 aliphatic heterocycles. The van der Waals surface area contributed by atoms with Crippen LogP contribution in [0.4, 0.5) is 5.69 Å². The number of benzene rings is 1. The molecule has 2 nitrogen and oxygen atoms in total. The molecule has 6 heteroatoms. The maximum absolute atomic E-state index is 6.10. The highest BCUT2D eigenvalue weighted by molar-refractivity contribution is 6.44. The lowest BCUT2D eigenvalue weighted by molar-refractivity contribution is 1.14. The summed E-state index contributed by atoms with van der Waals surface area (Å²) in [6.07, 6.45) is 1.62. The minimum Gasteiger partial charge on any atom is -0.378 e. The van der Waals surface area contributed by atoms with Gasteiger partial charge in [0.1, 0.15) is 0 Å². The van der Waals surface area contributed by atoms with E-state index in [1.54, 1.807) is 24.4 Å². The Bertz CT molecular complexity index is 572. The molecule has 0 spiro atoms. The smallest absolute Gasteiger partial charge is 0.152 e. The molecule has 0 radical (unpaired) electrons. The third kappa shape index (κ3) is 3.01. The first kappa shape index (κ1) is 13.8. The SMILES string of the molecule is Clc1ccc(Cl)c(CNc2cccnc2Cl)c1Cl. The molecule has 2 rings (SSSR count). The predicted octanol–water partition coefficient (Wildman–Crippen LogP) is 5.31. The Morgan fingerprint density at radius 2 is 1.72 bits per heavy atom. The van der Waals surface area contributed by atoms with Gasteiger partial charge in [-0.1, -0.05) is 46.4 Å². The van der Waals surface area contributed by atoms with E-state index < -0.39 is 0 Å². The fourth-order valence-corrected chi connectivity index (χ4v) is 2.30. The first-order valence-electron chi connectivity index (χ1n) is 5.06. The summed E-state index contributed by atoms with van der Waals surface area (Å²) >= 11 is 24.1. The van der Waals surface area contributed by atoms with E-state index in [-0.39, 0.29) is 0 Å². The lowest BCUT2D eigenvalue weighted by Crippen LogP contribution is -2.02. The van der Waals surface area contributed by atoms with Crippen LogP contribution in [0.2, 0.25) is 20.2 Å². The van der Waals surface area contributed by atoms with Gasteiger partial charge in [0.2, 0.25) is 0 Å². The van der Waals surface area contributed by atoms with Gasteiger partial charge in [0.25, 0.3) is 0 Å². The average Bonchev–Trinajstić information content (AvgIpc) is 2.36. The summed E-state index contributed by atoms with van der Waals surface area (Å²) in [5.74, 6) is 0. The van der Waals surface area contributed by atoms with Crippen molar-refractivity contribution in [3.63, 3.8) is 0 Å². The van der Waals surface area contributed by atoms with Gasteiger partial charge in [-0.3, -0.25) is 0 Å². The summed E-state index contributed by atoms with van der Waals surface area (Å²) in [5, 5.41) is 4.97. The van der Waals surface area contributed by atoms with Gasteiger partial charge >= 0.3 is 0 Å². The Balaban J connectivity index is 2.21. The average molecular weight is 322 g/mol. The summed E-state index contributed by atoms with van der Waals surface area (Å²) in [7, 11) is 0. The second-order valence-corrected chi connectivity index (χ2v) is 5.07. The van der Waals surface area contributed by atoms with Gasteiger partial charge in [-0.15, -0.1) is 0 Å². The molecule has 0 saturated carbocycles. The largest absolute Gasteiger partial charge is 0.378 e. The number of anilines is 1. The van der Waals surface area contributed by atoms with Crippen molar-refractivity contribution in [1.29, 1.82) is 0 Å². The molecular weight excluding hydrogens is 314 g/mol. The van der Waals surface area contributed by atoms with E-state index in [2.05, 4.69) is 10.3 Å². The molecule has 1 N–H and O–H groups in total. The highest BCUT2D eigenvalue weighted by Crippen LogP contribution is 2.32. The maximum atomic E-state index is 6.10. The standard InChI is InChI=1S/C12H8Cl4N2/c13-8-3-4-9(14)11(15)7(8)6-18-10-2-1-5-17-12(10)16/h1-5,18H,6H2. The molecule has 1 heterocycles. The molecule has 0 bridgehead atoms. The van der Waals surface area contributed by atoms with Crippen LogP contribution in [0.1, 0.15) is 5.56 Å². The van der Waals surface area contributed by atoms with Crippen molar-refractivity contribution >= 4 is 52.1 Å². The van der Waals surface area contributed by atoms with E-state index in [4.69, 9.17) is 46.4 Å². The van der Waals surface area contributed by atoms with Gasteiger partial charge in [0, 0.05) is 23.3 Å². The van der Waals surface area contributed by atoms with Crippen molar-refractivity contribution in [2.24, 2.45) is 0 Å². The molecule has 0 atom stereocenters. The zero-order valence-corrected chi connectivity index (χ0v) is 12.1. The molecule has 0 aliphatic carbocycles. The van der Waals surface area contributed by atoms with Crippen LogP contribution in [0.15, 0.2) is 30.5 Å². The Morgan fingerprint density at radius 1 is 1.00 bits per heavy atom. The lowest BCUT2D eigenvalue weighted by Gasteiger charge is -2.11. The number of nitrogens with zero attached hydrogens (tertiary/aromatic N) is 1. The van der Waals surface area contributed by atoms with Crippen molar-refractivity contribution in [2.75, 3.05) is 5.32 Å². The monoisotopic (exact) mass is 320 g/mol. The Labute approximate surface area is 125 Å². The van der Waals surface area contributed by atoms with Crippen molar-refractivity contribution < 1.29 is 0 Å². The molecule has 0 unspecified atom stereocenters. The van der Waals surface area contributed by atoms with Crippen LogP contribution in [-0.4, -0.2) is 4.98 Å². The molecule has 1 aromatic carbocycles. The highest BCUT2D eigenvalue weighted by Gasteiger charge is 2.10. The van der Waals surface area contributed by atoms with Crippen LogP contribution in [0, 0.1) is 0 Å². The number of nitrogens with one attached hydrogen (secondary N) is 1.